The third-order valence-electron chi connectivity index (χ3n) is 3.69. The first-order valence-corrected chi connectivity index (χ1v) is 8.76. The van der Waals surface area contributed by atoms with Gasteiger partial charge in [-0.25, -0.2) is 0 Å². The molecule has 1 aromatic carbocycles. The lowest BCUT2D eigenvalue weighted by atomic mass is 10.1. The van der Waals surface area contributed by atoms with Crippen molar-refractivity contribution in [2.75, 3.05) is 6.61 Å². The maximum atomic E-state index is 11.8. The summed E-state index contributed by atoms with van der Waals surface area (Å²) in [5.41, 5.74) is 1.27. The van der Waals surface area contributed by atoms with E-state index in [-0.39, 0.29) is 11.2 Å². The lowest BCUT2D eigenvalue weighted by molar-refractivity contribution is -0.211. The molecule has 1 heterocycles. The lowest BCUT2D eigenvalue weighted by Gasteiger charge is -2.32. The SMILES string of the molecule is CCCC[C@]1(OCC)OC(=O)C[C@@H]1SCc1ccccc1. The Hall–Kier alpha value is -1.00. The predicted octanol–water partition coefficient (Wildman–Crippen LogP) is 4.16. The maximum absolute atomic E-state index is 11.8. The zero-order valence-corrected chi connectivity index (χ0v) is 13.7. The first-order chi connectivity index (χ1) is 10.2. The molecule has 1 saturated heterocycles. The highest BCUT2D eigenvalue weighted by Crippen LogP contribution is 2.41. The minimum Gasteiger partial charge on any atom is -0.432 e. The van der Waals surface area contributed by atoms with Crippen LogP contribution in [-0.2, 0) is 20.0 Å². The van der Waals surface area contributed by atoms with Gasteiger partial charge in [0.2, 0.25) is 5.79 Å². The van der Waals surface area contributed by atoms with Gasteiger partial charge in [0.25, 0.3) is 0 Å². The first kappa shape index (κ1) is 16.4. The van der Waals surface area contributed by atoms with Crippen LogP contribution in [0.1, 0.15) is 45.1 Å². The second-order valence-electron chi connectivity index (χ2n) is 5.31. The van der Waals surface area contributed by atoms with Crippen molar-refractivity contribution in [3.63, 3.8) is 0 Å². The van der Waals surface area contributed by atoms with Crippen LogP contribution >= 0.6 is 11.8 Å². The van der Waals surface area contributed by atoms with E-state index < -0.39 is 5.79 Å². The molecule has 0 radical (unpaired) electrons. The molecular formula is C17H24O3S. The van der Waals surface area contributed by atoms with Crippen molar-refractivity contribution in [3.8, 4) is 0 Å². The van der Waals surface area contributed by atoms with Gasteiger partial charge in [0.05, 0.1) is 11.7 Å². The number of hydrogen-bond acceptors (Lipinski definition) is 4. The predicted molar refractivity (Wildman–Crippen MR) is 86.1 cm³/mol. The zero-order chi connectivity index (χ0) is 15.1. The van der Waals surface area contributed by atoms with Crippen LogP contribution in [0.25, 0.3) is 0 Å². The molecule has 0 spiro atoms. The van der Waals surface area contributed by atoms with Crippen LogP contribution in [-0.4, -0.2) is 23.6 Å². The lowest BCUT2D eigenvalue weighted by Crippen LogP contribution is -2.41. The maximum Gasteiger partial charge on any atom is 0.309 e. The van der Waals surface area contributed by atoms with Crippen LogP contribution < -0.4 is 0 Å². The molecule has 0 saturated carbocycles. The minimum atomic E-state index is -0.721. The molecule has 0 aliphatic carbocycles. The third kappa shape index (κ3) is 4.24. The van der Waals surface area contributed by atoms with Gasteiger partial charge in [-0.2, -0.15) is 0 Å². The summed E-state index contributed by atoms with van der Waals surface area (Å²) in [7, 11) is 0. The second kappa shape index (κ2) is 7.85. The number of carbonyl (C=O) groups excluding carboxylic acids is 1. The van der Waals surface area contributed by atoms with E-state index in [0.717, 1.165) is 25.0 Å². The molecule has 4 heteroatoms. The molecule has 0 aromatic heterocycles. The number of carbonyl (C=O) groups is 1. The van der Waals surface area contributed by atoms with Crippen LogP contribution in [0, 0.1) is 0 Å². The van der Waals surface area contributed by atoms with Crippen molar-refractivity contribution >= 4 is 17.7 Å². The number of rotatable bonds is 8. The molecule has 0 amide bonds. The molecule has 1 aromatic rings. The van der Waals surface area contributed by atoms with Gasteiger partial charge in [-0.3, -0.25) is 4.79 Å². The molecule has 0 unspecified atom stereocenters. The average Bonchev–Trinajstić information content (AvgIpc) is 2.80. The van der Waals surface area contributed by atoms with E-state index in [0.29, 0.717) is 13.0 Å². The molecule has 116 valence electrons. The van der Waals surface area contributed by atoms with E-state index >= 15 is 0 Å². The number of benzene rings is 1. The van der Waals surface area contributed by atoms with E-state index in [1.165, 1.54) is 5.56 Å². The second-order valence-corrected chi connectivity index (χ2v) is 6.50. The van der Waals surface area contributed by atoms with Gasteiger partial charge in [-0.05, 0) is 18.9 Å². The molecule has 0 N–H and O–H groups in total. The fraction of sp³-hybridized carbons (Fsp3) is 0.588. The van der Waals surface area contributed by atoms with Crippen molar-refractivity contribution in [1.29, 1.82) is 0 Å². The summed E-state index contributed by atoms with van der Waals surface area (Å²) in [6.45, 7) is 4.67. The normalized spacial score (nSPS) is 25.0. The summed E-state index contributed by atoms with van der Waals surface area (Å²) in [4.78, 5) is 11.8. The van der Waals surface area contributed by atoms with Gasteiger partial charge >= 0.3 is 5.97 Å². The van der Waals surface area contributed by atoms with Crippen LogP contribution in [0.3, 0.4) is 0 Å². The average molecular weight is 308 g/mol. The van der Waals surface area contributed by atoms with Gasteiger partial charge in [0.15, 0.2) is 0 Å². The Kier molecular flexibility index (Phi) is 6.12. The highest BCUT2D eigenvalue weighted by molar-refractivity contribution is 7.99. The summed E-state index contributed by atoms with van der Waals surface area (Å²) >= 11 is 1.77. The topological polar surface area (TPSA) is 35.5 Å². The fourth-order valence-corrected chi connectivity index (χ4v) is 3.97. The summed E-state index contributed by atoms with van der Waals surface area (Å²) < 4.78 is 11.5. The number of hydrogen-bond donors (Lipinski definition) is 0. The Morgan fingerprint density at radius 1 is 1.33 bits per heavy atom. The van der Waals surface area contributed by atoms with Crippen molar-refractivity contribution in [2.24, 2.45) is 0 Å². The van der Waals surface area contributed by atoms with Gasteiger partial charge in [0.1, 0.15) is 0 Å². The Labute approximate surface area is 131 Å². The molecule has 1 fully saturated rings. The highest BCUT2D eigenvalue weighted by atomic mass is 32.2. The quantitative estimate of drug-likeness (QED) is 0.676. The Morgan fingerprint density at radius 2 is 2.10 bits per heavy atom. The van der Waals surface area contributed by atoms with Crippen molar-refractivity contribution in [3.05, 3.63) is 35.9 Å². The van der Waals surface area contributed by atoms with Gasteiger partial charge in [-0.1, -0.05) is 43.7 Å². The monoisotopic (exact) mass is 308 g/mol. The van der Waals surface area contributed by atoms with E-state index in [1.807, 2.05) is 25.1 Å². The number of unbranched alkanes of at least 4 members (excludes halogenated alkanes) is 1. The van der Waals surface area contributed by atoms with Crippen LogP contribution in [0.15, 0.2) is 30.3 Å². The number of esters is 1. The summed E-state index contributed by atoms with van der Waals surface area (Å²) in [5, 5.41) is 0.0803. The molecule has 2 rings (SSSR count). The van der Waals surface area contributed by atoms with E-state index in [9.17, 15) is 4.79 Å². The molecule has 1 aliphatic heterocycles. The number of thioether (sulfide) groups is 1. The standard InChI is InChI=1S/C17H24O3S/c1-3-5-11-17(19-4-2)15(12-16(18)20-17)21-13-14-9-7-6-8-10-14/h6-10,15H,3-5,11-13H2,1-2H3/t15-,17-/m0/s1. The zero-order valence-electron chi connectivity index (χ0n) is 12.8. The van der Waals surface area contributed by atoms with Crippen molar-refractivity contribution in [2.45, 2.75) is 56.3 Å². The van der Waals surface area contributed by atoms with Gasteiger partial charge in [-0.15, -0.1) is 11.8 Å². The molecule has 21 heavy (non-hydrogen) atoms. The Balaban J connectivity index is 2.04. The Bertz CT molecular complexity index is 449. The Morgan fingerprint density at radius 3 is 2.76 bits per heavy atom. The van der Waals surface area contributed by atoms with Crippen LogP contribution in [0.4, 0.5) is 0 Å². The molecule has 0 bridgehead atoms. The molecule has 2 atom stereocenters. The molecule has 1 aliphatic rings. The third-order valence-corrected chi connectivity index (χ3v) is 5.12. The van der Waals surface area contributed by atoms with E-state index in [2.05, 4.69) is 19.1 Å². The summed E-state index contributed by atoms with van der Waals surface area (Å²) in [6.07, 6.45) is 3.31. The summed E-state index contributed by atoms with van der Waals surface area (Å²) in [6, 6.07) is 10.3. The first-order valence-electron chi connectivity index (χ1n) is 7.71. The van der Waals surface area contributed by atoms with Crippen molar-refractivity contribution < 1.29 is 14.3 Å². The summed E-state index contributed by atoms with van der Waals surface area (Å²) in [5.74, 6) is 0.0230. The van der Waals surface area contributed by atoms with Gasteiger partial charge in [0, 0.05) is 18.8 Å². The van der Waals surface area contributed by atoms with Gasteiger partial charge < -0.3 is 9.47 Å². The van der Waals surface area contributed by atoms with E-state index in [1.54, 1.807) is 11.8 Å². The van der Waals surface area contributed by atoms with E-state index in [4.69, 9.17) is 9.47 Å². The van der Waals surface area contributed by atoms with Crippen LogP contribution in [0.2, 0.25) is 0 Å². The van der Waals surface area contributed by atoms with Crippen LogP contribution in [0.5, 0.6) is 0 Å². The number of cyclic esters (lactones) is 1. The van der Waals surface area contributed by atoms with Crippen molar-refractivity contribution in [1.82, 2.24) is 0 Å². The molecule has 3 nitrogen and oxygen atoms in total. The largest absolute Gasteiger partial charge is 0.432 e. The highest BCUT2D eigenvalue weighted by Gasteiger charge is 2.50. The fourth-order valence-electron chi connectivity index (χ4n) is 2.64. The smallest absolute Gasteiger partial charge is 0.309 e. The minimum absolute atomic E-state index is 0.0803. The molecular weight excluding hydrogens is 284 g/mol. The number of ether oxygens (including phenoxy) is 2.